The smallest absolute Gasteiger partial charge is 0.124 e. The molecule has 78 valence electrons. The molecule has 0 saturated carbocycles. The Kier molecular flexibility index (Phi) is 3.07. The van der Waals surface area contributed by atoms with Gasteiger partial charge in [0.15, 0.2) is 0 Å². The lowest BCUT2D eigenvalue weighted by Gasteiger charge is -2.22. The minimum Gasteiger partial charge on any atom is -0.507 e. The zero-order chi connectivity index (χ0) is 10.9. The third kappa shape index (κ3) is 2.20. The molecule has 0 bridgehead atoms. The van der Waals surface area contributed by atoms with Crippen molar-refractivity contribution < 1.29 is 10.2 Å². The molecular formula is C11H15ClO2. The summed E-state index contributed by atoms with van der Waals surface area (Å²) < 4.78 is 0. The molecule has 2 N–H and O–H groups in total. The highest BCUT2D eigenvalue weighted by Crippen LogP contribution is 2.35. The molecule has 0 aliphatic heterocycles. The Labute approximate surface area is 89.1 Å². The van der Waals surface area contributed by atoms with E-state index in [1.54, 1.807) is 12.1 Å². The molecule has 0 saturated heterocycles. The van der Waals surface area contributed by atoms with E-state index in [1.165, 1.54) is 0 Å². The topological polar surface area (TPSA) is 40.5 Å². The van der Waals surface area contributed by atoms with Crippen LogP contribution in [0.25, 0.3) is 0 Å². The Morgan fingerprint density at radius 1 is 1.29 bits per heavy atom. The first-order chi connectivity index (χ1) is 6.36. The molecule has 0 fully saturated rings. The monoisotopic (exact) mass is 214 g/mol. The zero-order valence-corrected chi connectivity index (χ0v) is 9.39. The number of rotatable bonds is 1. The largest absolute Gasteiger partial charge is 0.507 e. The molecule has 0 aromatic heterocycles. The second-order valence-electron chi connectivity index (χ2n) is 4.37. The molecule has 2 nitrogen and oxygen atoms in total. The highest BCUT2D eigenvalue weighted by Gasteiger charge is 2.20. The molecule has 0 heterocycles. The molecule has 0 radical (unpaired) electrons. The van der Waals surface area contributed by atoms with Gasteiger partial charge in [-0.05, 0) is 17.5 Å². The summed E-state index contributed by atoms with van der Waals surface area (Å²) in [6, 6.07) is 3.31. The van der Waals surface area contributed by atoms with Crippen LogP contribution < -0.4 is 0 Å². The summed E-state index contributed by atoms with van der Waals surface area (Å²) in [5.74, 6) is 0.143. The van der Waals surface area contributed by atoms with Crippen LogP contribution in [0.3, 0.4) is 0 Å². The molecule has 1 rings (SSSR count). The molecule has 0 amide bonds. The Hall–Kier alpha value is -0.730. The van der Waals surface area contributed by atoms with Crippen molar-refractivity contribution in [3.05, 3.63) is 28.3 Å². The SMILES string of the molecule is CC(C)(C)c1cc(Cl)cc(CO)c1O. The fraction of sp³-hybridized carbons (Fsp3) is 0.455. The van der Waals surface area contributed by atoms with Crippen molar-refractivity contribution in [2.75, 3.05) is 0 Å². The van der Waals surface area contributed by atoms with Gasteiger partial charge in [0, 0.05) is 16.1 Å². The van der Waals surface area contributed by atoms with E-state index in [2.05, 4.69) is 0 Å². The first-order valence-corrected chi connectivity index (χ1v) is 4.87. The molecular weight excluding hydrogens is 200 g/mol. The van der Waals surface area contributed by atoms with Crippen LogP contribution in [0.15, 0.2) is 12.1 Å². The molecule has 0 atom stereocenters. The van der Waals surface area contributed by atoms with Crippen molar-refractivity contribution in [3.8, 4) is 5.75 Å². The molecule has 1 aromatic carbocycles. The van der Waals surface area contributed by atoms with Crippen LogP contribution in [0.2, 0.25) is 5.02 Å². The lowest BCUT2D eigenvalue weighted by Crippen LogP contribution is -2.12. The third-order valence-electron chi connectivity index (χ3n) is 2.13. The van der Waals surface area contributed by atoms with Crippen molar-refractivity contribution >= 4 is 11.6 Å². The average molecular weight is 215 g/mol. The summed E-state index contributed by atoms with van der Waals surface area (Å²) >= 11 is 5.88. The van der Waals surface area contributed by atoms with Gasteiger partial charge in [0.25, 0.3) is 0 Å². The number of hydrogen-bond acceptors (Lipinski definition) is 2. The Morgan fingerprint density at radius 2 is 1.86 bits per heavy atom. The van der Waals surface area contributed by atoms with Crippen molar-refractivity contribution in [1.29, 1.82) is 0 Å². The van der Waals surface area contributed by atoms with Crippen molar-refractivity contribution in [3.63, 3.8) is 0 Å². The second-order valence-corrected chi connectivity index (χ2v) is 4.81. The quantitative estimate of drug-likeness (QED) is 0.755. The maximum Gasteiger partial charge on any atom is 0.124 e. The van der Waals surface area contributed by atoms with Crippen molar-refractivity contribution in [2.45, 2.75) is 32.8 Å². The Balaban J connectivity index is 3.37. The van der Waals surface area contributed by atoms with Crippen LogP contribution in [0.5, 0.6) is 5.75 Å². The lowest BCUT2D eigenvalue weighted by atomic mass is 9.85. The third-order valence-corrected chi connectivity index (χ3v) is 2.35. The number of aliphatic hydroxyl groups excluding tert-OH is 1. The van der Waals surface area contributed by atoms with E-state index >= 15 is 0 Å². The van der Waals surface area contributed by atoms with E-state index in [0.29, 0.717) is 10.6 Å². The molecule has 1 aromatic rings. The summed E-state index contributed by atoms with van der Waals surface area (Å²) in [4.78, 5) is 0. The standard InChI is InChI=1S/C11H15ClO2/c1-11(2,3)9-5-8(12)4-7(6-13)10(9)14/h4-5,13-14H,6H2,1-3H3. The molecule has 3 heteroatoms. The maximum absolute atomic E-state index is 9.83. The number of aliphatic hydroxyl groups is 1. The number of phenols is 1. The number of halogens is 1. The van der Waals surface area contributed by atoms with E-state index < -0.39 is 0 Å². The second kappa shape index (κ2) is 3.79. The van der Waals surface area contributed by atoms with Crippen molar-refractivity contribution in [1.82, 2.24) is 0 Å². The normalized spacial score (nSPS) is 11.8. The lowest BCUT2D eigenvalue weighted by molar-refractivity contribution is 0.274. The highest BCUT2D eigenvalue weighted by atomic mass is 35.5. The fourth-order valence-electron chi connectivity index (χ4n) is 1.35. The van der Waals surface area contributed by atoms with Crippen molar-refractivity contribution in [2.24, 2.45) is 0 Å². The zero-order valence-electron chi connectivity index (χ0n) is 8.63. The first-order valence-electron chi connectivity index (χ1n) is 4.49. The van der Waals surface area contributed by atoms with E-state index in [4.69, 9.17) is 16.7 Å². The summed E-state index contributed by atoms with van der Waals surface area (Å²) in [7, 11) is 0. The van der Waals surface area contributed by atoms with Gasteiger partial charge < -0.3 is 10.2 Å². The Bertz CT molecular complexity index is 340. The molecule has 14 heavy (non-hydrogen) atoms. The summed E-state index contributed by atoms with van der Waals surface area (Å²) in [6.07, 6.45) is 0. The summed E-state index contributed by atoms with van der Waals surface area (Å²) in [6.45, 7) is 5.76. The van der Waals surface area contributed by atoms with Crippen LogP contribution in [-0.4, -0.2) is 10.2 Å². The van der Waals surface area contributed by atoms with Crippen LogP contribution >= 0.6 is 11.6 Å². The fourth-order valence-corrected chi connectivity index (χ4v) is 1.59. The van der Waals surface area contributed by atoms with Gasteiger partial charge in [-0.1, -0.05) is 32.4 Å². The predicted octanol–water partition coefficient (Wildman–Crippen LogP) is 2.84. The van der Waals surface area contributed by atoms with E-state index in [0.717, 1.165) is 5.56 Å². The average Bonchev–Trinajstić information content (AvgIpc) is 2.06. The van der Waals surface area contributed by atoms with Gasteiger partial charge >= 0.3 is 0 Å². The predicted molar refractivity (Wildman–Crippen MR) is 57.7 cm³/mol. The summed E-state index contributed by atoms with van der Waals surface area (Å²) in [5.41, 5.74) is 1.05. The van der Waals surface area contributed by atoms with Gasteiger partial charge in [0.1, 0.15) is 5.75 Å². The van der Waals surface area contributed by atoms with Gasteiger partial charge in [0.05, 0.1) is 6.61 Å². The molecule has 0 aliphatic carbocycles. The van der Waals surface area contributed by atoms with Gasteiger partial charge in [-0.3, -0.25) is 0 Å². The highest BCUT2D eigenvalue weighted by molar-refractivity contribution is 6.30. The van der Waals surface area contributed by atoms with Gasteiger partial charge in [0.2, 0.25) is 0 Å². The van der Waals surface area contributed by atoms with Gasteiger partial charge in [-0.15, -0.1) is 0 Å². The number of aromatic hydroxyl groups is 1. The van der Waals surface area contributed by atoms with Crippen LogP contribution in [0.4, 0.5) is 0 Å². The van der Waals surface area contributed by atoms with E-state index in [-0.39, 0.29) is 17.8 Å². The minimum absolute atomic E-state index is 0.143. The molecule has 0 spiro atoms. The van der Waals surface area contributed by atoms with Crippen LogP contribution in [-0.2, 0) is 12.0 Å². The van der Waals surface area contributed by atoms with E-state index in [9.17, 15) is 5.11 Å². The Morgan fingerprint density at radius 3 is 2.29 bits per heavy atom. The van der Waals surface area contributed by atoms with Crippen LogP contribution in [0, 0.1) is 0 Å². The minimum atomic E-state index is -0.199. The number of hydrogen-bond donors (Lipinski definition) is 2. The molecule has 0 unspecified atom stereocenters. The molecule has 0 aliphatic rings. The van der Waals surface area contributed by atoms with E-state index in [1.807, 2.05) is 20.8 Å². The maximum atomic E-state index is 9.83. The number of benzene rings is 1. The summed E-state index contributed by atoms with van der Waals surface area (Å²) in [5, 5.41) is 19.4. The first kappa shape index (κ1) is 11.3. The van der Waals surface area contributed by atoms with Crippen LogP contribution in [0.1, 0.15) is 31.9 Å². The van der Waals surface area contributed by atoms with Gasteiger partial charge in [-0.2, -0.15) is 0 Å². The van der Waals surface area contributed by atoms with Gasteiger partial charge in [-0.25, -0.2) is 0 Å².